The zero-order valence-electron chi connectivity index (χ0n) is 16.5. The topological polar surface area (TPSA) is 73.1 Å². The number of aryl methyl sites for hydroxylation is 1. The van der Waals surface area contributed by atoms with Gasteiger partial charge in [-0.05, 0) is 47.7 Å². The van der Waals surface area contributed by atoms with Gasteiger partial charge < -0.3 is 9.88 Å². The first-order valence-corrected chi connectivity index (χ1v) is 10.5. The number of aromatic nitrogens is 2. The number of fused-ring (bicyclic) bond motifs is 1. The van der Waals surface area contributed by atoms with Gasteiger partial charge >= 0.3 is 11.1 Å². The van der Waals surface area contributed by atoms with Crippen LogP contribution < -0.4 is 16.4 Å². The summed E-state index contributed by atoms with van der Waals surface area (Å²) >= 11 is 1.67. The van der Waals surface area contributed by atoms with Crippen LogP contribution in [0.5, 0.6) is 0 Å². The highest BCUT2D eigenvalue weighted by Gasteiger charge is 2.11. The lowest BCUT2D eigenvalue weighted by Crippen LogP contribution is -2.40. The van der Waals surface area contributed by atoms with Crippen LogP contribution in [0.4, 0.5) is 0 Å². The summed E-state index contributed by atoms with van der Waals surface area (Å²) in [5, 5.41) is 4.94. The Labute approximate surface area is 177 Å². The lowest BCUT2D eigenvalue weighted by atomic mass is 10.1. The molecule has 2 heterocycles. The number of carbonyl (C=O) groups excluding carboxylic acids is 1. The molecule has 0 spiro atoms. The van der Waals surface area contributed by atoms with Gasteiger partial charge in [0.05, 0.1) is 17.6 Å². The van der Waals surface area contributed by atoms with Crippen LogP contribution in [0.1, 0.15) is 20.8 Å². The second-order valence-electron chi connectivity index (χ2n) is 7.03. The zero-order chi connectivity index (χ0) is 21.1. The van der Waals surface area contributed by atoms with Crippen molar-refractivity contribution in [2.75, 3.05) is 6.54 Å². The minimum atomic E-state index is -0.563. The van der Waals surface area contributed by atoms with Crippen LogP contribution in [0.2, 0.25) is 0 Å². The molecule has 0 atom stereocenters. The Morgan fingerprint density at radius 2 is 1.67 bits per heavy atom. The molecule has 0 aliphatic carbocycles. The van der Waals surface area contributed by atoms with Crippen molar-refractivity contribution in [2.45, 2.75) is 13.0 Å². The molecule has 7 heteroatoms. The third kappa shape index (κ3) is 3.97. The minimum Gasteiger partial charge on any atom is -0.352 e. The van der Waals surface area contributed by atoms with Crippen LogP contribution in [-0.2, 0) is 20.0 Å². The maximum atomic E-state index is 12.6. The molecule has 30 heavy (non-hydrogen) atoms. The summed E-state index contributed by atoms with van der Waals surface area (Å²) in [5.74, 6) is -0.130. The van der Waals surface area contributed by atoms with Crippen LogP contribution in [0.15, 0.2) is 75.6 Å². The standard InChI is InChI=1S/C23H21N3O3S/c1-25-19-6-2-3-7-20(19)26(23(29)22(25)28)15-16-8-10-17(11-9-16)21(27)24-13-12-18-5-4-14-30-18/h2-11,14H,12-13,15H2,1H3,(H,24,27). The van der Waals surface area contributed by atoms with E-state index in [-0.39, 0.29) is 12.5 Å². The van der Waals surface area contributed by atoms with Crippen molar-refractivity contribution in [3.05, 3.63) is 103 Å². The first kappa shape index (κ1) is 19.8. The van der Waals surface area contributed by atoms with Crippen LogP contribution in [0.3, 0.4) is 0 Å². The van der Waals surface area contributed by atoms with Gasteiger partial charge in [-0.2, -0.15) is 0 Å². The lowest BCUT2D eigenvalue weighted by molar-refractivity contribution is 0.0954. The van der Waals surface area contributed by atoms with E-state index in [0.29, 0.717) is 23.1 Å². The molecule has 6 nitrogen and oxygen atoms in total. The maximum absolute atomic E-state index is 12.6. The highest BCUT2D eigenvalue weighted by Crippen LogP contribution is 2.13. The summed E-state index contributed by atoms with van der Waals surface area (Å²) in [6.45, 7) is 0.839. The molecule has 0 aliphatic heterocycles. The Morgan fingerprint density at radius 1 is 0.933 bits per heavy atom. The molecular formula is C23H21N3O3S. The Kier molecular flexibility index (Phi) is 5.63. The molecule has 1 N–H and O–H groups in total. The quantitative estimate of drug-likeness (QED) is 0.489. The highest BCUT2D eigenvalue weighted by atomic mass is 32.1. The smallest absolute Gasteiger partial charge is 0.317 e. The normalized spacial score (nSPS) is 11.0. The number of para-hydroxylation sites is 2. The molecule has 0 fully saturated rings. The predicted octanol–water partition coefficient (Wildman–Crippen LogP) is 2.78. The molecule has 2 aromatic carbocycles. The SMILES string of the molecule is Cn1c(=O)c(=O)n(Cc2ccc(C(=O)NCCc3cccs3)cc2)c2ccccc21. The van der Waals surface area contributed by atoms with E-state index in [0.717, 1.165) is 12.0 Å². The average Bonchev–Trinajstić information content (AvgIpc) is 3.29. The van der Waals surface area contributed by atoms with E-state index in [9.17, 15) is 14.4 Å². The molecule has 1 amide bonds. The van der Waals surface area contributed by atoms with E-state index in [1.807, 2.05) is 53.9 Å². The van der Waals surface area contributed by atoms with E-state index < -0.39 is 11.1 Å². The Bertz CT molecular complexity index is 1300. The van der Waals surface area contributed by atoms with Gasteiger partial charge in [-0.25, -0.2) is 0 Å². The van der Waals surface area contributed by atoms with Crippen LogP contribution in [-0.4, -0.2) is 21.6 Å². The molecule has 4 rings (SSSR count). The summed E-state index contributed by atoms with van der Waals surface area (Å²) < 4.78 is 2.85. The summed E-state index contributed by atoms with van der Waals surface area (Å²) in [5.41, 5.74) is 1.67. The number of hydrogen-bond donors (Lipinski definition) is 1. The molecule has 152 valence electrons. The molecule has 0 radical (unpaired) electrons. The van der Waals surface area contributed by atoms with Gasteiger partial charge in [-0.3, -0.25) is 19.0 Å². The monoisotopic (exact) mass is 419 g/mol. The number of benzene rings is 2. The molecular weight excluding hydrogens is 398 g/mol. The van der Waals surface area contributed by atoms with Crippen molar-refractivity contribution < 1.29 is 4.79 Å². The van der Waals surface area contributed by atoms with Crippen LogP contribution >= 0.6 is 11.3 Å². The van der Waals surface area contributed by atoms with Crippen molar-refractivity contribution >= 4 is 28.3 Å². The zero-order valence-corrected chi connectivity index (χ0v) is 17.3. The predicted molar refractivity (Wildman–Crippen MR) is 119 cm³/mol. The van der Waals surface area contributed by atoms with E-state index in [1.165, 1.54) is 14.0 Å². The van der Waals surface area contributed by atoms with Crippen molar-refractivity contribution in [1.82, 2.24) is 14.5 Å². The van der Waals surface area contributed by atoms with Crippen LogP contribution in [0.25, 0.3) is 11.0 Å². The molecule has 0 bridgehead atoms. The molecule has 0 saturated heterocycles. The van der Waals surface area contributed by atoms with Crippen molar-refractivity contribution in [1.29, 1.82) is 0 Å². The van der Waals surface area contributed by atoms with Crippen molar-refractivity contribution in [2.24, 2.45) is 7.05 Å². The summed E-state index contributed by atoms with van der Waals surface area (Å²) in [6, 6.07) is 18.5. The van der Waals surface area contributed by atoms with Gasteiger partial charge in [-0.15, -0.1) is 11.3 Å². The fourth-order valence-electron chi connectivity index (χ4n) is 3.41. The number of thiophene rings is 1. The highest BCUT2D eigenvalue weighted by molar-refractivity contribution is 7.09. The number of rotatable bonds is 6. The summed E-state index contributed by atoms with van der Waals surface area (Å²) in [6.07, 6.45) is 0.806. The van der Waals surface area contributed by atoms with Crippen LogP contribution in [0, 0.1) is 0 Å². The Morgan fingerprint density at radius 3 is 2.37 bits per heavy atom. The molecule has 0 saturated carbocycles. The van der Waals surface area contributed by atoms with Gasteiger partial charge in [0.2, 0.25) is 0 Å². The fourth-order valence-corrected chi connectivity index (χ4v) is 4.12. The second-order valence-corrected chi connectivity index (χ2v) is 8.06. The van der Waals surface area contributed by atoms with Gasteiger partial charge in [0, 0.05) is 24.0 Å². The first-order chi connectivity index (χ1) is 14.5. The van der Waals surface area contributed by atoms with Crippen molar-refractivity contribution in [3.8, 4) is 0 Å². The number of nitrogens with one attached hydrogen (secondary N) is 1. The minimum absolute atomic E-state index is 0.130. The van der Waals surface area contributed by atoms with Gasteiger partial charge in [0.1, 0.15) is 0 Å². The first-order valence-electron chi connectivity index (χ1n) is 9.62. The molecule has 0 aliphatic rings. The largest absolute Gasteiger partial charge is 0.352 e. The molecule has 4 aromatic rings. The second kappa shape index (κ2) is 8.51. The Balaban J connectivity index is 1.51. The maximum Gasteiger partial charge on any atom is 0.317 e. The third-order valence-corrected chi connectivity index (χ3v) is 6.00. The number of amides is 1. The van der Waals surface area contributed by atoms with Gasteiger partial charge in [0.15, 0.2) is 0 Å². The van der Waals surface area contributed by atoms with E-state index in [4.69, 9.17) is 0 Å². The number of nitrogens with zero attached hydrogens (tertiary/aromatic N) is 2. The van der Waals surface area contributed by atoms with Gasteiger partial charge in [0.25, 0.3) is 5.91 Å². The Hall–Kier alpha value is -3.45. The summed E-state index contributed by atoms with van der Waals surface area (Å²) in [4.78, 5) is 38.4. The van der Waals surface area contributed by atoms with Crippen molar-refractivity contribution in [3.63, 3.8) is 0 Å². The van der Waals surface area contributed by atoms with E-state index in [2.05, 4.69) is 5.32 Å². The third-order valence-electron chi connectivity index (χ3n) is 5.06. The average molecular weight is 420 g/mol. The number of carbonyl (C=O) groups is 1. The molecule has 2 aromatic heterocycles. The number of hydrogen-bond acceptors (Lipinski definition) is 4. The van der Waals surface area contributed by atoms with Gasteiger partial charge in [-0.1, -0.05) is 30.3 Å². The summed E-state index contributed by atoms with van der Waals surface area (Å²) in [7, 11) is 1.60. The van der Waals surface area contributed by atoms with E-state index >= 15 is 0 Å². The molecule has 0 unspecified atom stereocenters. The fraction of sp³-hybridized carbons (Fsp3) is 0.174. The lowest BCUT2D eigenvalue weighted by Gasteiger charge is -2.13. The van der Waals surface area contributed by atoms with E-state index in [1.54, 1.807) is 30.5 Å².